The molecule has 80 valence electrons. The zero-order valence-corrected chi connectivity index (χ0v) is 10.8. The molecule has 0 aliphatic carbocycles. The van der Waals surface area contributed by atoms with Crippen LogP contribution in [0.1, 0.15) is 25.0 Å². The Morgan fingerprint density at radius 2 is 1.43 bits per heavy atom. The number of hydrogen-bond acceptors (Lipinski definition) is 1. The summed E-state index contributed by atoms with van der Waals surface area (Å²) in [6.45, 7) is 7.25. The summed E-state index contributed by atoms with van der Waals surface area (Å²) in [5.41, 5.74) is 0.993. The van der Waals surface area contributed by atoms with Crippen LogP contribution < -0.4 is 5.30 Å². The van der Waals surface area contributed by atoms with Gasteiger partial charge in [0.25, 0.3) is 0 Å². The highest BCUT2D eigenvalue weighted by atomic mass is 32.1. The minimum absolute atomic E-state index is 0.0862. The van der Waals surface area contributed by atoms with Crippen LogP contribution in [0.15, 0.2) is 4.90 Å². The van der Waals surface area contributed by atoms with Gasteiger partial charge in [0.05, 0.1) is 0 Å². The van der Waals surface area contributed by atoms with E-state index in [-0.39, 0.29) is 4.90 Å². The van der Waals surface area contributed by atoms with E-state index in [2.05, 4.69) is 21.9 Å². The number of halogens is 2. The predicted octanol–water partition coefficient (Wildman–Crippen LogP) is 3.40. The Morgan fingerprint density at radius 3 is 1.86 bits per heavy atom. The average molecular weight is 236 g/mol. The lowest BCUT2D eigenvalue weighted by Gasteiger charge is -2.09. The van der Waals surface area contributed by atoms with Crippen LogP contribution in [0.25, 0.3) is 0 Å². The van der Waals surface area contributed by atoms with Gasteiger partial charge in [0.1, 0.15) is 0 Å². The van der Waals surface area contributed by atoms with Gasteiger partial charge < -0.3 is 0 Å². The third-order valence-electron chi connectivity index (χ3n) is 1.89. The first-order valence-corrected chi connectivity index (χ1v) is 5.41. The SMILES string of the molecule is CC.Cc1c(F)c(F)c(S)c(C)c1P. The lowest BCUT2D eigenvalue weighted by Crippen LogP contribution is -2.09. The Kier molecular flexibility index (Phi) is 5.61. The number of benzene rings is 1. The molecule has 4 heteroatoms. The summed E-state index contributed by atoms with van der Waals surface area (Å²) in [6.07, 6.45) is 0. The van der Waals surface area contributed by atoms with Gasteiger partial charge in [-0.05, 0) is 30.3 Å². The monoisotopic (exact) mass is 236 g/mol. The Hall–Kier alpha value is -0.140. The van der Waals surface area contributed by atoms with Gasteiger partial charge in [-0.25, -0.2) is 8.78 Å². The Labute approximate surface area is 91.7 Å². The molecule has 0 spiro atoms. The third-order valence-corrected chi connectivity index (χ3v) is 3.29. The van der Waals surface area contributed by atoms with Gasteiger partial charge in [-0.15, -0.1) is 21.9 Å². The summed E-state index contributed by atoms with van der Waals surface area (Å²) in [7, 11) is 2.38. The maximum atomic E-state index is 13.0. The van der Waals surface area contributed by atoms with Gasteiger partial charge in [0, 0.05) is 4.90 Å². The second kappa shape index (κ2) is 5.67. The fraction of sp³-hybridized carbons (Fsp3) is 0.400. The van der Waals surface area contributed by atoms with E-state index in [1.807, 2.05) is 13.8 Å². The lowest BCUT2D eigenvalue weighted by atomic mass is 10.1. The maximum absolute atomic E-state index is 13.0. The molecule has 0 saturated heterocycles. The molecular weight excluding hydrogens is 221 g/mol. The van der Waals surface area contributed by atoms with Gasteiger partial charge >= 0.3 is 0 Å². The minimum Gasteiger partial charge on any atom is -0.203 e. The van der Waals surface area contributed by atoms with Crippen molar-refractivity contribution in [3.05, 3.63) is 22.8 Å². The lowest BCUT2D eigenvalue weighted by molar-refractivity contribution is 0.486. The molecule has 1 atom stereocenters. The van der Waals surface area contributed by atoms with Crippen molar-refractivity contribution in [2.75, 3.05) is 0 Å². The van der Waals surface area contributed by atoms with E-state index >= 15 is 0 Å². The van der Waals surface area contributed by atoms with E-state index in [0.717, 1.165) is 0 Å². The maximum Gasteiger partial charge on any atom is 0.172 e. The van der Waals surface area contributed by atoms with Crippen molar-refractivity contribution in [3.8, 4) is 0 Å². The van der Waals surface area contributed by atoms with E-state index < -0.39 is 11.6 Å². The first-order chi connectivity index (χ1) is 6.46. The fourth-order valence-electron chi connectivity index (χ4n) is 0.960. The Morgan fingerprint density at radius 1 is 1.00 bits per heavy atom. The highest BCUT2D eigenvalue weighted by Gasteiger charge is 2.14. The number of thiol groups is 1. The quantitative estimate of drug-likeness (QED) is 0.518. The number of hydrogen-bond donors (Lipinski definition) is 1. The van der Waals surface area contributed by atoms with Crippen LogP contribution in [0.2, 0.25) is 0 Å². The van der Waals surface area contributed by atoms with E-state index in [0.29, 0.717) is 16.4 Å². The molecule has 0 saturated carbocycles. The molecule has 1 rings (SSSR count). The Balaban J connectivity index is 0.000000791. The molecule has 0 bridgehead atoms. The molecule has 1 unspecified atom stereocenters. The van der Waals surface area contributed by atoms with Crippen molar-refractivity contribution in [2.24, 2.45) is 0 Å². The second-order valence-electron chi connectivity index (χ2n) is 2.64. The van der Waals surface area contributed by atoms with Crippen molar-refractivity contribution in [3.63, 3.8) is 0 Å². The molecule has 0 amide bonds. The molecule has 0 aromatic heterocycles. The summed E-state index contributed by atoms with van der Waals surface area (Å²) in [5.74, 6) is -1.67. The smallest absolute Gasteiger partial charge is 0.172 e. The molecule has 0 aliphatic heterocycles. The van der Waals surface area contributed by atoms with E-state index in [9.17, 15) is 8.78 Å². The van der Waals surface area contributed by atoms with Crippen LogP contribution in [-0.4, -0.2) is 0 Å². The van der Waals surface area contributed by atoms with Gasteiger partial charge in [0.15, 0.2) is 11.6 Å². The van der Waals surface area contributed by atoms with Crippen LogP contribution in [0.3, 0.4) is 0 Å². The molecular formula is C10H15F2PS. The first-order valence-electron chi connectivity index (χ1n) is 4.39. The van der Waals surface area contributed by atoms with Gasteiger partial charge in [-0.3, -0.25) is 0 Å². The van der Waals surface area contributed by atoms with E-state index in [4.69, 9.17) is 0 Å². The summed E-state index contributed by atoms with van der Waals surface area (Å²) in [4.78, 5) is 0.0862. The molecule has 0 fully saturated rings. The van der Waals surface area contributed by atoms with Crippen molar-refractivity contribution in [2.45, 2.75) is 32.6 Å². The summed E-state index contributed by atoms with van der Waals surface area (Å²) < 4.78 is 26.0. The zero-order chi connectivity index (χ0) is 11.5. The van der Waals surface area contributed by atoms with Crippen molar-refractivity contribution in [1.29, 1.82) is 0 Å². The highest BCUT2D eigenvalue weighted by molar-refractivity contribution is 7.80. The summed E-state index contributed by atoms with van der Waals surface area (Å²) >= 11 is 3.87. The standard InChI is InChI=1S/C8H9F2PS.C2H6/c1-3-5(9)6(10)8(12)4(2)7(3)11;1-2/h12H,11H2,1-2H3;1-2H3. The van der Waals surface area contributed by atoms with Crippen molar-refractivity contribution >= 4 is 27.2 Å². The van der Waals surface area contributed by atoms with Gasteiger partial charge in [-0.1, -0.05) is 13.8 Å². The first kappa shape index (κ1) is 13.9. The fourth-order valence-corrected chi connectivity index (χ4v) is 1.57. The predicted molar refractivity (Wildman–Crippen MR) is 63.8 cm³/mol. The van der Waals surface area contributed by atoms with E-state index in [1.165, 1.54) is 0 Å². The molecule has 0 nitrogen and oxygen atoms in total. The van der Waals surface area contributed by atoms with Crippen molar-refractivity contribution in [1.82, 2.24) is 0 Å². The van der Waals surface area contributed by atoms with Crippen LogP contribution in [0.5, 0.6) is 0 Å². The van der Waals surface area contributed by atoms with Gasteiger partial charge in [0.2, 0.25) is 0 Å². The normalized spacial score (nSPS) is 9.43. The largest absolute Gasteiger partial charge is 0.203 e. The molecule has 0 aliphatic rings. The van der Waals surface area contributed by atoms with Crippen LogP contribution >= 0.6 is 21.9 Å². The van der Waals surface area contributed by atoms with Crippen LogP contribution in [0, 0.1) is 25.5 Å². The topological polar surface area (TPSA) is 0 Å². The Bertz CT molecular complexity index is 232. The average Bonchev–Trinajstić information content (AvgIpc) is 2.24. The van der Waals surface area contributed by atoms with Crippen LogP contribution in [-0.2, 0) is 0 Å². The van der Waals surface area contributed by atoms with Gasteiger partial charge in [-0.2, -0.15) is 0 Å². The van der Waals surface area contributed by atoms with E-state index in [1.54, 1.807) is 13.8 Å². The molecule has 0 N–H and O–H groups in total. The molecule has 1 aromatic rings. The molecule has 0 heterocycles. The molecule has 0 radical (unpaired) electrons. The van der Waals surface area contributed by atoms with Crippen LogP contribution in [0.4, 0.5) is 8.78 Å². The third kappa shape index (κ3) is 2.46. The highest BCUT2D eigenvalue weighted by Crippen LogP contribution is 2.22. The summed E-state index contributed by atoms with van der Waals surface area (Å²) in [5, 5.41) is 0.680. The summed E-state index contributed by atoms with van der Waals surface area (Å²) in [6, 6.07) is 0. The number of rotatable bonds is 0. The second-order valence-corrected chi connectivity index (χ2v) is 3.66. The molecule has 14 heavy (non-hydrogen) atoms. The minimum atomic E-state index is -0.862. The zero-order valence-electron chi connectivity index (χ0n) is 8.78. The van der Waals surface area contributed by atoms with Crippen molar-refractivity contribution < 1.29 is 8.78 Å². The molecule has 1 aromatic carbocycles.